The number of allylic oxidation sites excluding steroid dienone is 9. The van der Waals surface area contributed by atoms with Gasteiger partial charge in [-0.2, -0.15) is 0 Å². The molecular weight excluding hydrogens is 899 g/mol. The number of aliphatic hydroxyl groups excluding tert-OH is 5. The molecule has 72 heavy (non-hydrogen) atoms. The number of rotatable bonds is 52. The van der Waals surface area contributed by atoms with E-state index in [1.165, 1.54) is 193 Å². The Balaban J connectivity index is 2.15. The zero-order valence-corrected chi connectivity index (χ0v) is 46.7. The molecule has 0 aromatic carbocycles. The molecule has 7 unspecified atom stereocenters. The molecule has 0 radical (unpaired) electrons. The third kappa shape index (κ3) is 41.2. The van der Waals surface area contributed by atoms with Crippen LogP contribution in [0.1, 0.15) is 277 Å². The van der Waals surface area contributed by atoms with Crippen molar-refractivity contribution < 1.29 is 39.8 Å². The van der Waals surface area contributed by atoms with Crippen molar-refractivity contribution in [2.45, 2.75) is 320 Å². The van der Waals surface area contributed by atoms with Crippen LogP contribution in [0.15, 0.2) is 60.8 Å². The number of aliphatic hydroxyl groups is 5. The van der Waals surface area contributed by atoms with Crippen LogP contribution in [0.2, 0.25) is 0 Å². The molecule has 9 nitrogen and oxygen atoms in total. The summed E-state index contributed by atoms with van der Waals surface area (Å²) in [4.78, 5) is 13.1. The summed E-state index contributed by atoms with van der Waals surface area (Å²) < 4.78 is 11.3. The first kappa shape index (κ1) is 67.9. The summed E-state index contributed by atoms with van der Waals surface area (Å²) in [6.45, 7) is 3.69. The predicted molar refractivity (Wildman–Crippen MR) is 304 cm³/mol. The molecule has 1 aliphatic heterocycles. The van der Waals surface area contributed by atoms with E-state index in [9.17, 15) is 30.3 Å². The van der Waals surface area contributed by atoms with E-state index in [-0.39, 0.29) is 12.5 Å². The van der Waals surface area contributed by atoms with Crippen molar-refractivity contribution in [2.75, 3.05) is 13.2 Å². The Bertz CT molecular complexity index is 1310. The quantitative estimate of drug-likeness (QED) is 0.0261. The van der Waals surface area contributed by atoms with Gasteiger partial charge >= 0.3 is 0 Å². The van der Waals surface area contributed by atoms with Crippen molar-refractivity contribution in [3.05, 3.63) is 60.8 Å². The molecule has 1 saturated heterocycles. The summed E-state index contributed by atoms with van der Waals surface area (Å²) in [7, 11) is 0. The van der Waals surface area contributed by atoms with Gasteiger partial charge in [0.2, 0.25) is 5.91 Å². The van der Waals surface area contributed by atoms with Gasteiger partial charge in [-0.05, 0) is 57.8 Å². The summed E-state index contributed by atoms with van der Waals surface area (Å²) in [6.07, 6.45) is 64.4. The van der Waals surface area contributed by atoms with E-state index in [1.807, 2.05) is 6.08 Å². The van der Waals surface area contributed by atoms with Gasteiger partial charge in [-0.15, -0.1) is 0 Å². The molecule has 9 heteroatoms. The van der Waals surface area contributed by atoms with Gasteiger partial charge in [0.25, 0.3) is 0 Å². The van der Waals surface area contributed by atoms with Crippen molar-refractivity contribution >= 4 is 5.91 Å². The Labute approximate surface area is 443 Å². The van der Waals surface area contributed by atoms with Crippen LogP contribution in [-0.2, 0) is 14.3 Å². The number of unbranched alkanes of at least 4 members (excludes halogenated alkanes) is 34. The first-order valence-corrected chi connectivity index (χ1v) is 30.5. The number of hydrogen-bond donors (Lipinski definition) is 6. The van der Waals surface area contributed by atoms with Crippen LogP contribution in [-0.4, -0.2) is 87.5 Å². The highest BCUT2D eigenvalue weighted by Crippen LogP contribution is 2.23. The van der Waals surface area contributed by atoms with Crippen molar-refractivity contribution in [1.29, 1.82) is 0 Å². The Hall–Kier alpha value is -2.11. The Morgan fingerprint density at radius 3 is 1.28 bits per heavy atom. The maximum absolute atomic E-state index is 13.1. The molecule has 0 aromatic rings. The lowest BCUT2D eigenvalue weighted by Gasteiger charge is -2.40. The first-order chi connectivity index (χ1) is 35.3. The molecule has 7 atom stereocenters. The zero-order chi connectivity index (χ0) is 52.2. The molecule has 0 spiro atoms. The minimum Gasteiger partial charge on any atom is -0.394 e. The number of ether oxygens (including phenoxy) is 2. The molecule has 1 aliphatic rings. The van der Waals surface area contributed by atoms with E-state index in [2.05, 4.69) is 67.8 Å². The number of hydrogen-bond acceptors (Lipinski definition) is 8. The van der Waals surface area contributed by atoms with Crippen molar-refractivity contribution in [1.82, 2.24) is 5.32 Å². The molecule has 0 bridgehead atoms. The largest absolute Gasteiger partial charge is 0.394 e. The van der Waals surface area contributed by atoms with Gasteiger partial charge in [0.1, 0.15) is 24.4 Å². The molecular formula is C63H115NO8. The number of amides is 1. The van der Waals surface area contributed by atoms with E-state index < -0.39 is 49.5 Å². The topological polar surface area (TPSA) is 149 Å². The molecule has 1 amide bonds. The maximum atomic E-state index is 13.1. The summed E-state index contributed by atoms with van der Waals surface area (Å²) in [5.74, 6) is -0.174. The molecule has 1 rings (SSSR count). The van der Waals surface area contributed by atoms with Crippen LogP contribution in [0.5, 0.6) is 0 Å². The first-order valence-electron chi connectivity index (χ1n) is 30.5. The lowest BCUT2D eigenvalue weighted by molar-refractivity contribution is -0.302. The highest BCUT2D eigenvalue weighted by Gasteiger charge is 2.44. The Morgan fingerprint density at radius 1 is 0.486 bits per heavy atom. The number of carbonyl (C=O) groups is 1. The molecule has 420 valence electrons. The molecule has 1 heterocycles. The highest BCUT2D eigenvalue weighted by molar-refractivity contribution is 5.76. The SMILES string of the molecule is CC/C=C\C/C=C\C/C=C\C/C=C\CCCCCCCCCCCCCCCCCCCCC(=O)NC(COC1OC(CO)C(O)C(O)C1O)C(O)/C=C/CCCCCCCCCCCCCCCCCC. The van der Waals surface area contributed by atoms with Crippen molar-refractivity contribution in [2.24, 2.45) is 0 Å². The van der Waals surface area contributed by atoms with Gasteiger partial charge in [-0.1, -0.05) is 274 Å². The molecule has 0 aliphatic carbocycles. The minimum absolute atomic E-state index is 0.174. The molecule has 6 N–H and O–H groups in total. The van der Waals surface area contributed by atoms with Gasteiger partial charge < -0.3 is 40.3 Å². The van der Waals surface area contributed by atoms with E-state index in [4.69, 9.17) is 9.47 Å². The Kier molecular flexibility index (Phi) is 49.4. The highest BCUT2D eigenvalue weighted by atomic mass is 16.7. The molecule has 1 fully saturated rings. The number of carbonyl (C=O) groups excluding carboxylic acids is 1. The molecule has 0 aromatic heterocycles. The standard InChI is InChI=1S/C63H115NO8/c1-3-5-7-9-11-13-15-17-19-21-23-24-25-26-27-28-29-30-31-32-33-34-35-37-39-41-43-45-47-49-51-53-59(67)64-56(55-71-63-62(70)61(69)60(68)58(54-65)72-63)57(66)52-50-48-46-44-42-40-38-36-22-20-18-16-14-12-10-8-6-4-2/h5,7,11,13,17,19,23-24,50,52,56-58,60-63,65-66,68-70H,3-4,6,8-10,12,14-16,18,20-22,25-49,51,53-55H2,1-2H3,(H,64,67)/b7-5-,13-11-,19-17-,24-23-,52-50+. The third-order valence-electron chi connectivity index (χ3n) is 14.3. The average Bonchev–Trinajstić information content (AvgIpc) is 3.38. The van der Waals surface area contributed by atoms with Gasteiger partial charge in [-0.3, -0.25) is 4.79 Å². The van der Waals surface area contributed by atoms with Gasteiger partial charge in [-0.25, -0.2) is 0 Å². The van der Waals surface area contributed by atoms with Crippen LogP contribution in [0.25, 0.3) is 0 Å². The maximum Gasteiger partial charge on any atom is 0.220 e. The smallest absolute Gasteiger partial charge is 0.220 e. The molecule has 0 saturated carbocycles. The van der Waals surface area contributed by atoms with Crippen LogP contribution in [0.4, 0.5) is 0 Å². The van der Waals surface area contributed by atoms with E-state index in [0.717, 1.165) is 64.2 Å². The fourth-order valence-corrected chi connectivity index (χ4v) is 9.56. The van der Waals surface area contributed by atoms with Gasteiger partial charge in [0, 0.05) is 6.42 Å². The normalized spacial score (nSPS) is 19.6. The summed E-state index contributed by atoms with van der Waals surface area (Å²) >= 11 is 0. The fraction of sp³-hybridized carbons (Fsp3) is 0.825. The second-order valence-corrected chi connectivity index (χ2v) is 21.1. The minimum atomic E-state index is -1.57. The summed E-state index contributed by atoms with van der Waals surface area (Å²) in [6, 6.07) is -0.806. The fourth-order valence-electron chi connectivity index (χ4n) is 9.56. The van der Waals surface area contributed by atoms with E-state index >= 15 is 0 Å². The van der Waals surface area contributed by atoms with E-state index in [0.29, 0.717) is 6.42 Å². The van der Waals surface area contributed by atoms with Crippen molar-refractivity contribution in [3.8, 4) is 0 Å². The monoisotopic (exact) mass is 1010 g/mol. The third-order valence-corrected chi connectivity index (χ3v) is 14.3. The second kappa shape index (κ2) is 52.3. The lowest BCUT2D eigenvalue weighted by Crippen LogP contribution is -2.60. The zero-order valence-electron chi connectivity index (χ0n) is 46.7. The number of nitrogens with one attached hydrogen (secondary N) is 1. The second-order valence-electron chi connectivity index (χ2n) is 21.1. The van der Waals surface area contributed by atoms with E-state index in [1.54, 1.807) is 6.08 Å². The van der Waals surface area contributed by atoms with Gasteiger partial charge in [0.15, 0.2) is 6.29 Å². The Morgan fingerprint density at radius 2 is 0.861 bits per heavy atom. The van der Waals surface area contributed by atoms with Crippen LogP contribution >= 0.6 is 0 Å². The van der Waals surface area contributed by atoms with Gasteiger partial charge in [0.05, 0.1) is 25.4 Å². The lowest BCUT2D eigenvalue weighted by atomic mass is 9.99. The summed E-state index contributed by atoms with van der Waals surface area (Å²) in [5.41, 5.74) is 0. The average molecular weight is 1010 g/mol. The predicted octanol–water partition coefficient (Wildman–Crippen LogP) is 15.5. The van der Waals surface area contributed by atoms with Crippen LogP contribution in [0, 0.1) is 0 Å². The summed E-state index contributed by atoms with van der Waals surface area (Å²) in [5, 5.41) is 54.6. The van der Waals surface area contributed by atoms with Crippen LogP contribution < -0.4 is 5.32 Å². The van der Waals surface area contributed by atoms with Crippen LogP contribution in [0.3, 0.4) is 0 Å². The van der Waals surface area contributed by atoms with Crippen molar-refractivity contribution in [3.63, 3.8) is 0 Å².